The van der Waals surface area contributed by atoms with Crippen LogP contribution in [0, 0.1) is 0 Å². The van der Waals surface area contributed by atoms with Gasteiger partial charge in [-0.3, -0.25) is 4.79 Å². The monoisotopic (exact) mass is 308 g/mol. The van der Waals surface area contributed by atoms with Crippen molar-refractivity contribution in [1.82, 2.24) is 0 Å². The molecule has 0 amide bonds. The van der Waals surface area contributed by atoms with Gasteiger partial charge in [-0.2, -0.15) is 0 Å². The fraction of sp³-hybridized carbons (Fsp3) is 0.381. The molecule has 23 heavy (non-hydrogen) atoms. The summed E-state index contributed by atoms with van der Waals surface area (Å²) >= 11 is 0. The first-order chi connectivity index (χ1) is 11.1. The van der Waals surface area contributed by atoms with Gasteiger partial charge in [0.05, 0.1) is 12.0 Å². The molecular formula is C21H24O2. The van der Waals surface area contributed by atoms with Crippen molar-refractivity contribution in [3.63, 3.8) is 0 Å². The molecule has 0 aromatic heterocycles. The topological polar surface area (TPSA) is 26.3 Å². The first-order valence-corrected chi connectivity index (χ1v) is 8.45. The Hall–Kier alpha value is -2.09. The van der Waals surface area contributed by atoms with Crippen LogP contribution in [0.15, 0.2) is 54.6 Å². The van der Waals surface area contributed by atoms with E-state index in [-0.39, 0.29) is 5.97 Å². The van der Waals surface area contributed by atoms with Crippen molar-refractivity contribution in [2.75, 3.05) is 6.61 Å². The van der Waals surface area contributed by atoms with Crippen molar-refractivity contribution in [3.8, 4) is 0 Å². The zero-order chi connectivity index (χ0) is 16.3. The lowest BCUT2D eigenvalue weighted by atomic mass is 9.77. The van der Waals surface area contributed by atoms with Crippen LogP contribution >= 0.6 is 0 Å². The summed E-state index contributed by atoms with van der Waals surface area (Å²) in [6.07, 6.45) is 3.23. The van der Waals surface area contributed by atoms with Gasteiger partial charge >= 0.3 is 5.97 Å². The number of rotatable bonds is 6. The lowest BCUT2D eigenvalue weighted by Gasteiger charge is -2.28. The summed E-state index contributed by atoms with van der Waals surface area (Å²) in [5.74, 6) is 0.579. The van der Waals surface area contributed by atoms with Gasteiger partial charge in [-0.25, -0.2) is 0 Å². The maximum Gasteiger partial charge on any atom is 0.316 e. The molecule has 0 radical (unpaired) electrons. The first kappa shape index (κ1) is 15.8. The molecule has 1 aliphatic rings. The first-order valence-electron chi connectivity index (χ1n) is 8.45. The number of esters is 1. The molecule has 1 unspecified atom stereocenters. The highest BCUT2D eigenvalue weighted by Crippen LogP contribution is 2.41. The summed E-state index contributed by atoms with van der Waals surface area (Å²) < 4.78 is 5.38. The molecule has 0 bridgehead atoms. The Bertz CT molecular complexity index is 656. The van der Waals surface area contributed by atoms with Crippen LogP contribution in [-0.2, 0) is 21.4 Å². The quantitative estimate of drug-likeness (QED) is 0.727. The standard InChI is InChI=1S/C21H24O2/c1-3-23-20(22)21(2,15-16-7-5-4-6-8-16)19-13-11-18(12-14-19)17-9-10-17/h4-8,11-14,17H,3,9-10,15H2,1-2H3. The van der Waals surface area contributed by atoms with Gasteiger partial charge in [0.15, 0.2) is 0 Å². The summed E-state index contributed by atoms with van der Waals surface area (Å²) in [5, 5.41) is 0. The maximum atomic E-state index is 12.7. The fourth-order valence-electron chi connectivity index (χ4n) is 3.13. The Balaban J connectivity index is 1.91. The van der Waals surface area contributed by atoms with Crippen molar-refractivity contribution < 1.29 is 9.53 Å². The van der Waals surface area contributed by atoms with E-state index in [9.17, 15) is 4.79 Å². The van der Waals surface area contributed by atoms with E-state index < -0.39 is 5.41 Å². The molecule has 1 fully saturated rings. The van der Waals surface area contributed by atoms with Gasteiger partial charge in [-0.15, -0.1) is 0 Å². The molecule has 0 heterocycles. The smallest absolute Gasteiger partial charge is 0.316 e. The van der Waals surface area contributed by atoms with E-state index in [1.807, 2.05) is 32.0 Å². The molecule has 0 saturated heterocycles. The number of carbonyl (C=O) groups is 1. The molecule has 1 atom stereocenters. The molecule has 2 nitrogen and oxygen atoms in total. The summed E-state index contributed by atoms with van der Waals surface area (Å²) in [5.41, 5.74) is 2.91. The normalized spacial score (nSPS) is 16.6. The molecule has 1 aliphatic carbocycles. The van der Waals surface area contributed by atoms with E-state index in [1.54, 1.807) is 0 Å². The van der Waals surface area contributed by atoms with Crippen LogP contribution in [0.25, 0.3) is 0 Å². The van der Waals surface area contributed by atoms with Crippen LogP contribution < -0.4 is 0 Å². The SMILES string of the molecule is CCOC(=O)C(C)(Cc1ccccc1)c1ccc(C2CC2)cc1. The van der Waals surface area contributed by atoms with E-state index in [4.69, 9.17) is 4.74 Å². The molecule has 0 aliphatic heterocycles. The van der Waals surface area contributed by atoms with Crippen molar-refractivity contribution in [2.24, 2.45) is 0 Å². The zero-order valence-electron chi connectivity index (χ0n) is 13.9. The average molecular weight is 308 g/mol. The minimum absolute atomic E-state index is 0.150. The van der Waals surface area contributed by atoms with Crippen LogP contribution in [0.3, 0.4) is 0 Å². The maximum absolute atomic E-state index is 12.7. The minimum Gasteiger partial charge on any atom is -0.465 e. The second-order valence-corrected chi connectivity index (χ2v) is 6.61. The van der Waals surface area contributed by atoms with Gasteiger partial charge in [0, 0.05) is 0 Å². The molecule has 0 N–H and O–H groups in total. The number of hydrogen-bond donors (Lipinski definition) is 0. The van der Waals surface area contributed by atoms with Gasteiger partial charge < -0.3 is 4.74 Å². The van der Waals surface area contributed by atoms with Crippen LogP contribution in [0.5, 0.6) is 0 Å². The molecular weight excluding hydrogens is 284 g/mol. The predicted octanol–water partition coefficient (Wildman–Crippen LogP) is 4.63. The second kappa shape index (κ2) is 6.57. The Labute approximate surface area is 138 Å². The molecule has 120 valence electrons. The van der Waals surface area contributed by atoms with E-state index in [1.165, 1.54) is 18.4 Å². The third kappa shape index (κ3) is 3.47. The fourth-order valence-corrected chi connectivity index (χ4v) is 3.13. The lowest BCUT2D eigenvalue weighted by Crippen LogP contribution is -2.36. The number of carbonyl (C=O) groups excluding carboxylic acids is 1. The number of hydrogen-bond acceptors (Lipinski definition) is 2. The van der Waals surface area contributed by atoms with Crippen molar-refractivity contribution in [1.29, 1.82) is 0 Å². The molecule has 2 heteroatoms. The highest BCUT2D eigenvalue weighted by Gasteiger charge is 2.37. The Morgan fingerprint density at radius 2 is 1.74 bits per heavy atom. The van der Waals surface area contributed by atoms with Crippen molar-refractivity contribution in [3.05, 3.63) is 71.3 Å². The molecule has 2 aromatic rings. The predicted molar refractivity (Wildman–Crippen MR) is 92.5 cm³/mol. The molecule has 1 saturated carbocycles. The lowest BCUT2D eigenvalue weighted by molar-refractivity contribution is -0.149. The van der Waals surface area contributed by atoms with Crippen molar-refractivity contribution in [2.45, 2.75) is 44.4 Å². The Morgan fingerprint density at radius 1 is 1.09 bits per heavy atom. The summed E-state index contributed by atoms with van der Waals surface area (Å²) in [4.78, 5) is 12.7. The molecule has 3 rings (SSSR count). The second-order valence-electron chi connectivity index (χ2n) is 6.61. The summed E-state index contributed by atoms with van der Waals surface area (Å²) in [6.45, 7) is 4.25. The summed E-state index contributed by atoms with van der Waals surface area (Å²) in [6, 6.07) is 18.7. The third-order valence-electron chi connectivity index (χ3n) is 4.72. The molecule has 0 spiro atoms. The van der Waals surface area contributed by atoms with Gasteiger partial charge in [-0.1, -0.05) is 54.6 Å². The van der Waals surface area contributed by atoms with Crippen LogP contribution in [-0.4, -0.2) is 12.6 Å². The van der Waals surface area contributed by atoms with Crippen LogP contribution in [0.2, 0.25) is 0 Å². The highest BCUT2D eigenvalue weighted by atomic mass is 16.5. The van der Waals surface area contributed by atoms with Crippen LogP contribution in [0.1, 0.15) is 49.3 Å². The molecule has 2 aromatic carbocycles. The summed E-state index contributed by atoms with van der Waals surface area (Å²) in [7, 11) is 0. The van der Waals surface area contributed by atoms with E-state index in [0.717, 1.165) is 17.0 Å². The average Bonchev–Trinajstić information content (AvgIpc) is 3.41. The van der Waals surface area contributed by atoms with E-state index in [0.29, 0.717) is 13.0 Å². The Kier molecular flexibility index (Phi) is 4.51. The highest BCUT2D eigenvalue weighted by molar-refractivity contribution is 5.83. The van der Waals surface area contributed by atoms with E-state index >= 15 is 0 Å². The third-order valence-corrected chi connectivity index (χ3v) is 4.72. The number of ether oxygens (including phenoxy) is 1. The van der Waals surface area contributed by atoms with E-state index in [2.05, 4.69) is 36.4 Å². The van der Waals surface area contributed by atoms with Gasteiger partial charge in [-0.05, 0) is 55.7 Å². The van der Waals surface area contributed by atoms with Gasteiger partial charge in [0.2, 0.25) is 0 Å². The van der Waals surface area contributed by atoms with Gasteiger partial charge in [0.1, 0.15) is 0 Å². The Morgan fingerprint density at radius 3 is 2.30 bits per heavy atom. The zero-order valence-corrected chi connectivity index (χ0v) is 13.9. The van der Waals surface area contributed by atoms with Gasteiger partial charge in [0.25, 0.3) is 0 Å². The van der Waals surface area contributed by atoms with Crippen LogP contribution in [0.4, 0.5) is 0 Å². The minimum atomic E-state index is -0.653. The number of benzene rings is 2. The largest absolute Gasteiger partial charge is 0.465 e. The van der Waals surface area contributed by atoms with Crippen molar-refractivity contribution >= 4 is 5.97 Å².